The molecule has 0 bridgehead atoms. The van der Waals surface area contributed by atoms with Crippen molar-refractivity contribution >= 4 is 18.5 Å². The fourth-order valence-corrected chi connectivity index (χ4v) is 3.08. The molecule has 0 aromatic rings. The Labute approximate surface area is 155 Å². The van der Waals surface area contributed by atoms with Gasteiger partial charge in [-0.15, -0.1) is 0 Å². The number of allylic oxidation sites excluding steroid dienone is 1. The molecule has 2 rings (SSSR count). The van der Waals surface area contributed by atoms with Crippen LogP contribution in [-0.4, -0.2) is 78.5 Å². The lowest BCUT2D eigenvalue weighted by atomic mass is 10.1. The molecule has 2 aliphatic rings. The van der Waals surface area contributed by atoms with Crippen LogP contribution in [0.2, 0.25) is 0 Å². The van der Waals surface area contributed by atoms with E-state index < -0.39 is 5.60 Å². The SMILES string of the molecule is CC1=C(/N=C(\NC=O)N2CCN(C(=O)OC(C)(C)C)CC2)N(C)CCC1. The summed E-state index contributed by atoms with van der Waals surface area (Å²) in [7, 11) is 2.01. The smallest absolute Gasteiger partial charge is 0.410 e. The Morgan fingerprint density at radius 2 is 1.77 bits per heavy atom. The molecule has 1 saturated heterocycles. The highest BCUT2D eigenvalue weighted by Crippen LogP contribution is 2.21. The maximum atomic E-state index is 12.2. The fourth-order valence-electron chi connectivity index (χ4n) is 3.08. The summed E-state index contributed by atoms with van der Waals surface area (Å²) in [6.45, 7) is 10.9. The van der Waals surface area contributed by atoms with E-state index in [1.54, 1.807) is 4.90 Å². The molecule has 2 heterocycles. The fraction of sp³-hybridized carbons (Fsp3) is 0.722. The minimum Gasteiger partial charge on any atom is -0.444 e. The van der Waals surface area contributed by atoms with Gasteiger partial charge in [0, 0.05) is 39.8 Å². The topological polar surface area (TPSA) is 77.5 Å². The quantitative estimate of drug-likeness (QED) is 0.457. The lowest BCUT2D eigenvalue weighted by Crippen LogP contribution is -2.54. The molecule has 0 aromatic heterocycles. The van der Waals surface area contributed by atoms with Gasteiger partial charge in [-0.2, -0.15) is 4.99 Å². The van der Waals surface area contributed by atoms with Crippen molar-refractivity contribution in [2.75, 3.05) is 39.8 Å². The van der Waals surface area contributed by atoms with Crippen LogP contribution in [0.25, 0.3) is 0 Å². The van der Waals surface area contributed by atoms with Crippen molar-refractivity contribution in [3.05, 3.63) is 11.4 Å². The predicted octanol–water partition coefficient (Wildman–Crippen LogP) is 1.60. The summed E-state index contributed by atoms with van der Waals surface area (Å²) in [4.78, 5) is 33.8. The molecule has 2 amide bonds. The Kier molecular flexibility index (Phi) is 6.50. The number of carbonyl (C=O) groups is 2. The summed E-state index contributed by atoms with van der Waals surface area (Å²) in [6, 6.07) is 0. The second-order valence-corrected chi connectivity index (χ2v) is 7.78. The van der Waals surface area contributed by atoms with Gasteiger partial charge in [0.15, 0.2) is 0 Å². The van der Waals surface area contributed by atoms with Crippen molar-refractivity contribution in [1.29, 1.82) is 0 Å². The van der Waals surface area contributed by atoms with Crippen molar-refractivity contribution in [3.8, 4) is 0 Å². The summed E-state index contributed by atoms with van der Waals surface area (Å²) in [5.41, 5.74) is 0.714. The molecule has 0 radical (unpaired) electrons. The van der Waals surface area contributed by atoms with Crippen LogP contribution in [0.1, 0.15) is 40.5 Å². The van der Waals surface area contributed by atoms with E-state index in [4.69, 9.17) is 9.73 Å². The number of ether oxygens (including phenoxy) is 1. The van der Waals surface area contributed by atoms with Gasteiger partial charge in [0.25, 0.3) is 0 Å². The van der Waals surface area contributed by atoms with Crippen LogP contribution < -0.4 is 5.32 Å². The molecule has 0 saturated carbocycles. The second kappa shape index (κ2) is 8.42. The number of hydrogen-bond acceptors (Lipinski definition) is 5. The standard InChI is InChI=1S/C18H31N5O3/c1-14-7-6-8-21(5)15(14)20-16(19-13-24)22-9-11-23(12-10-22)17(25)26-18(2,3)4/h13H,6-12H2,1-5H3,(H,19,20,24). The van der Waals surface area contributed by atoms with E-state index in [-0.39, 0.29) is 6.09 Å². The molecule has 0 spiro atoms. The number of amides is 2. The lowest BCUT2D eigenvalue weighted by Gasteiger charge is -2.37. The highest BCUT2D eigenvalue weighted by atomic mass is 16.6. The Balaban J connectivity index is 2.05. The van der Waals surface area contributed by atoms with Crippen LogP contribution in [0.3, 0.4) is 0 Å². The highest BCUT2D eigenvalue weighted by molar-refractivity contribution is 5.89. The molecule has 8 nitrogen and oxygen atoms in total. The second-order valence-electron chi connectivity index (χ2n) is 7.78. The average molecular weight is 365 g/mol. The molecule has 0 aromatic carbocycles. The molecule has 8 heteroatoms. The minimum absolute atomic E-state index is 0.301. The van der Waals surface area contributed by atoms with E-state index in [1.165, 1.54) is 5.57 Å². The van der Waals surface area contributed by atoms with Crippen molar-refractivity contribution in [1.82, 2.24) is 20.0 Å². The maximum absolute atomic E-state index is 12.2. The van der Waals surface area contributed by atoms with Gasteiger partial charge in [-0.05, 0) is 46.1 Å². The zero-order valence-corrected chi connectivity index (χ0v) is 16.5. The van der Waals surface area contributed by atoms with Gasteiger partial charge in [0.2, 0.25) is 12.4 Å². The molecular weight excluding hydrogens is 334 g/mol. The largest absolute Gasteiger partial charge is 0.444 e. The van der Waals surface area contributed by atoms with E-state index >= 15 is 0 Å². The molecule has 0 atom stereocenters. The highest BCUT2D eigenvalue weighted by Gasteiger charge is 2.27. The summed E-state index contributed by atoms with van der Waals surface area (Å²) in [6.07, 6.45) is 2.48. The number of nitrogens with one attached hydrogen (secondary N) is 1. The maximum Gasteiger partial charge on any atom is 0.410 e. The Morgan fingerprint density at radius 3 is 2.31 bits per heavy atom. The normalized spacial score (nSPS) is 19.6. The first-order valence-corrected chi connectivity index (χ1v) is 9.14. The lowest BCUT2D eigenvalue weighted by molar-refractivity contribution is -0.108. The van der Waals surface area contributed by atoms with Crippen molar-refractivity contribution in [2.45, 2.75) is 46.1 Å². The third-order valence-electron chi connectivity index (χ3n) is 4.42. The summed E-state index contributed by atoms with van der Waals surface area (Å²) in [5, 5.41) is 2.72. The van der Waals surface area contributed by atoms with Crippen molar-refractivity contribution < 1.29 is 14.3 Å². The summed E-state index contributed by atoms with van der Waals surface area (Å²) in [5.74, 6) is 1.45. The first-order chi connectivity index (χ1) is 12.2. The number of aliphatic imine (C=N–C) groups is 1. The van der Waals surface area contributed by atoms with Crippen molar-refractivity contribution in [3.63, 3.8) is 0 Å². The van der Waals surface area contributed by atoms with Crippen LogP contribution in [0, 0.1) is 0 Å². The number of carbonyl (C=O) groups excluding carboxylic acids is 2. The monoisotopic (exact) mass is 365 g/mol. The first-order valence-electron chi connectivity index (χ1n) is 9.14. The van der Waals surface area contributed by atoms with Gasteiger partial charge in [0.1, 0.15) is 11.4 Å². The molecule has 0 aliphatic carbocycles. The predicted molar refractivity (Wildman–Crippen MR) is 101 cm³/mol. The van der Waals surface area contributed by atoms with Gasteiger partial charge < -0.3 is 19.4 Å². The third-order valence-corrected chi connectivity index (χ3v) is 4.42. The van der Waals surface area contributed by atoms with E-state index in [0.717, 1.165) is 25.2 Å². The zero-order valence-electron chi connectivity index (χ0n) is 16.5. The average Bonchev–Trinajstić information content (AvgIpc) is 2.56. The third kappa shape index (κ3) is 5.37. The van der Waals surface area contributed by atoms with E-state index in [1.807, 2.05) is 32.7 Å². The molecule has 26 heavy (non-hydrogen) atoms. The Morgan fingerprint density at radius 1 is 1.15 bits per heavy atom. The van der Waals surface area contributed by atoms with Crippen LogP contribution in [0.15, 0.2) is 16.4 Å². The van der Waals surface area contributed by atoms with Crippen LogP contribution in [0.4, 0.5) is 4.79 Å². The van der Waals surface area contributed by atoms with Crippen LogP contribution >= 0.6 is 0 Å². The van der Waals surface area contributed by atoms with Crippen LogP contribution in [0.5, 0.6) is 0 Å². The molecule has 0 unspecified atom stereocenters. The molecule has 1 fully saturated rings. The number of hydrogen-bond donors (Lipinski definition) is 1. The van der Waals surface area contributed by atoms with Gasteiger partial charge in [-0.3, -0.25) is 10.1 Å². The number of guanidine groups is 1. The molecular formula is C18H31N5O3. The Hall–Kier alpha value is -2.25. The van der Waals surface area contributed by atoms with Crippen molar-refractivity contribution in [2.24, 2.45) is 4.99 Å². The Bertz CT molecular complexity index is 586. The zero-order chi connectivity index (χ0) is 19.3. The summed E-state index contributed by atoms with van der Waals surface area (Å²) >= 11 is 0. The molecule has 1 N–H and O–H groups in total. The first kappa shape index (κ1) is 20.1. The number of rotatable bonds is 2. The van der Waals surface area contributed by atoms with Gasteiger partial charge in [0.05, 0.1) is 0 Å². The molecule has 2 aliphatic heterocycles. The van der Waals surface area contributed by atoms with Crippen LogP contribution in [-0.2, 0) is 9.53 Å². The van der Waals surface area contributed by atoms with E-state index in [0.29, 0.717) is 38.5 Å². The van der Waals surface area contributed by atoms with Gasteiger partial charge in [-0.1, -0.05) is 0 Å². The molecule has 146 valence electrons. The number of nitrogens with zero attached hydrogens (tertiary/aromatic N) is 4. The van der Waals surface area contributed by atoms with Gasteiger partial charge >= 0.3 is 6.09 Å². The van der Waals surface area contributed by atoms with E-state index in [9.17, 15) is 9.59 Å². The number of piperazine rings is 1. The minimum atomic E-state index is -0.504. The summed E-state index contributed by atoms with van der Waals surface area (Å²) < 4.78 is 5.42. The van der Waals surface area contributed by atoms with E-state index in [2.05, 4.69) is 17.1 Å². The van der Waals surface area contributed by atoms with Gasteiger partial charge in [-0.25, -0.2) is 4.79 Å².